The van der Waals surface area contributed by atoms with E-state index < -0.39 is 24.5 Å². The zero-order chi connectivity index (χ0) is 13.9. The van der Waals surface area contributed by atoms with Crippen molar-refractivity contribution >= 4 is 5.69 Å². The van der Waals surface area contributed by atoms with E-state index in [1.165, 1.54) is 24.1 Å². The Morgan fingerprint density at radius 3 is 2.44 bits per heavy atom. The van der Waals surface area contributed by atoms with Gasteiger partial charge in [0.2, 0.25) is 0 Å². The monoisotopic (exact) mass is 264 g/mol. The van der Waals surface area contributed by atoms with Crippen molar-refractivity contribution in [3.63, 3.8) is 0 Å². The van der Waals surface area contributed by atoms with Crippen molar-refractivity contribution in [3.05, 3.63) is 29.6 Å². The van der Waals surface area contributed by atoms with Gasteiger partial charge in [0.25, 0.3) is 0 Å². The Kier molecular flexibility index (Phi) is 4.56. The molecule has 2 nitrogen and oxygen atoms in total. The minimum absolute atomic E-state index is 0.229. The molecule has 2 N–H and O–H groups in total. The lowest BCUT2D eigenvalue weighted by Gasteiger charge is -2.24. The summed E-state index contributed by atoms with van der Waals surface area (Å²) in [5.41, 5.74) is 6.28. The zero-order valence-corrected chi connectivity index (χ0v) is 10.3. The van der Waals surface area contributed by atoms with Gasteiger partial charge in [-0.25, -0.2) is 4.39 Å². The number of nitrogens with zero attached hydrogens (tertiary/aromatic N) is 1. The molecule has 1 aromatic rings. The molecule has 0 heterocycles. The van der Waals surface area contributed by atoms with E-state index in [2.05, 4.69) is 0 Å². The van der Waals surface area contributed by atoms with Crippen LogP contribution in [0.5, 0.6) is 0 Å². The molecule has 18 heavy (non-hydrogen) atoms. The number of hydrogen-bond acceptors (Lipinski definition) is 2. The van der Waals surface area contributed by atoms with E-state index in [1.807, 2.05) is 0 Å². The van der Waals surface area contributed by atoms with Crippen molar-refractivity contribution in [1.29, 1.82) is 0 Å². The van der Waals surface area contributed by atoms with E-state index >= 15 is 0 Å². The highest BCUT2D eigenvalue weighted by Gasteiger charge is 2.27. The summed E-state index contributed by atoms with van der Waals surface area (Å²) < 4.78 is 50.0. The molecule has 0 aliphatic carbocycles. The van der Waals surface area contributed by atoms with Crippen LogP contribution < -0.4 is 10.6 Å². The van der Waals surface area contributed by atoms with Crippen LogP contribution in [0.1, 0.15) is 24.9 Å². The standard InChI is InChI=1S/C12H16F4N2/c1-8(17)11-9(13)4-3-5-10(11)18(2)7-6-12(14,15)16/h3-5,8H,6-7,17H2,1-2H3. The number of benzene rings is 1. The quantitative estimate of drug-likeness (QED) is 0.846. The number of anilines is 1. The van der Waals surface area contributed by atoms with Crippen LogP contribution in [0.2, 0.25) is 0 Å². The van der Waals surface area contributed by atoms with Gasteiger partial charge in [0.05, 0.1) is 6.42 Å². The lowest BCUT2D eigenvalue weighted by atomic mass is 10.1. The number of alkyl halides is 3. The van der Waals surface area contributed by atoms with Crippen molar-refractivity contribution in [2.24, 2.45) is 5.73 Å². The van der Waals surface area contributed by atoms with Crippen molar-refractivity contribution in [2.45, 2.75) is 25.6 Å². The lowest BCUT2D eigenvalue weighted by Crippen LogP contribution is -2.26. The predicted molar refractivity (Wildman–Crippen MR) is 62.9 cm³/mol. The number of rotatable bonds is 4. The van der Waals surface area contributed by atoms with E-state index in [-0.39, 0.29) is 12.1 Å². The number of nitrogens with two attached hydrogens (primary N) is 1. The molecule has 102 valence electrons. The van der Waals surface area contributed by atoms with Gasteiger partial charge in [0.15, 0.2) is 0 Å². The third-order valence-electron chi connectivity index (χ3n) is 2.63. The Bertz CT molecular complexity index is 402. The molecule has 0 fully saturated rings. The highest BCUT2D eigenvalue weighted by atomic mass is 19.4. The second kappa shape index (κ2) is 5.56. The van der Waals surface area contributed by atoms with Crippen LogP contribution in [0.4, 0.5) is 23.2 Å². The summed E-state index contributed by atoms with van der Waals surface area (Å²) in [5.74, 6) is -0.499. The Morgan fingerprint density at radius 2 is 1.94 bits per heavy atom. The summed E-state index contributed by atoms with van der Waals surface area (Å²) in [6.45, 7) is 1.37. The van der Waals surface area contributed by atoms with Crippen LogP contribution in [0, 0.1) is 5.82 Å². The summed E-state index contributed by atoms with van der Waals surface area (Å²) in [7, 11) is 1.49. The fourth-order valence-corrected chi connectivity index (χ4v) is 1.72. The smallest absolute Gasteiger partial charge is 0.374 e. The Balaban J connectivity index is 2.92. The molecule has 0 saturated carbocycles. The highest BCUT2D eigenvalue weighted by Crippen LogP contribution is 2.28. The van der Waals surface area contributed by atoms with Crippen LogP contribution in [0.3, 0.4) is 0 Å². The topological polar surface area (TPSA) is 29.3 Å². The Labute approximate surface area is 103 Å². The molecular formula is C12H16F4N2. The van der Waals surface area contributed by atoms with Gasteiger partial charge in [-0.05, 0) is 19.1 Å². The van der Waals surface area contributed by atoms with Gasteiger partial charge in [-0.15, -0.1) is 0 Å². The molecule has 1 aromatic carbocycles. The van der Waals surface area contributed by atoms with Crippen LogP contribution in [-0.2, 0) is 0 Å². The summed E-state index contributed by atoms with van der Waals surface area (Å²) in [6, 6.07) is 3.70. The van der Waals surface area contributed by atoms with Crippen LogP contribution >= 0.6 is 0 Å². The van der Waals surface area contributed by atoms with Gasteiger partial charge in [0.1, 0.15) is 5.82 Å². The molecule has 6 heteroatoms. The second-order valence-electron chi connectivity index (χ2n) is 4.25. The summed E-state index contributed by atoms with van der Waals surface area (Å²) in [6.07, 6.45) is -5.17. The minimum Gasteiger partial charge on any atom is -0.374 e. The lowest BCUT2D eigenvalue weighted by molar-refractivity contribution is -0.132. The second-order valence-corrected chi connectivity index (χ2v) is 4.25. The number of hydrogen-bond donors (Lipinski definition) is 1. The van der Waals surface area contributed by atoms with Gasteiger partial charge in [-0.2, -0.15) is 13.2 Å². The first-order valence-electron chi connectivity index (χ1n) is 5.54. The highest BCUT2D eigenvalue weighted by molar-refractivity contribution is 5.54. The first-order chi connectivity index (χ1) is 8.22. The van der Waals surface area contributed by atoms with Crippen molar-refractivity contribution in [2.75, 3.05) is 18.5 Å². The molecule has 0 spiro atoms. The predicted octanol–water partition coefficient (Wildman–Crippen LogP) is 3.23. The van der Waals surface area contributed by atoms with Crippen molar-refractivity contribution < 1.29 is 17.6 Å². The summed E-state index contributed by atoms with van der Waals surface area (Å²) >= 11 is 0. The third-order valence-corrected chi connectivity index (χ3v) is 2.63. The SMILES string of the molecule is CC(N)c1c(F)cccc1N(C)CCC(F)(F)F. The minimum atomic E-state index is -4.23. The molecule has 0 radical (unpaired) electrons. The van der Waals surface area contributed by atoms with Gasteiger partial charge in [-0.3, -0.25) is 0 Å². The maximum Gasteiger partial charge on any atom is 0.390 e. The van der Waals surface area contributed by atoms with Gasteiger partial charge in [0, 0.05) is 30.9 Å². The fourth-order valence-electron chi connectivity index (χ4n) is 1.72. The normalized spacial score (nSPS) is 13.5. The first kappa shape index (κ1) is 14.8. The van der Waals surface area contributed by atoms with E-state index in [9.17, 15) is 17.6 Å². The maximum atomic E-state index is 13.6. The first-order valence-corrected chi connectivity index (χ1v) is 5.54. The molecule has 0 amide bonds. The maximum absolute atomic E-state index is 13.6. The zero-order valence-electron chi connectivity index (χ0n) is 10.3. The molecule has 1 unspecified atom stereocenters. The molecule has 0 saturated heterocycles. The summed E-state index contributed by atoms with van der Waals surface area (Å²) in [5, 5.41) is 0. The van der Waals surface area contributed by atoms with Gasteiger partial charge >= 0.3 is 6.18 Å². The van der Waals surface area contributed by atoms with Crippen molar-refractivity contribution in [3.8, 4) is 0 Å². The van der Waals surface area contributed by atoms with Gasteiger partial charge in [-0.1, -0.05) is 6.07 Å². The van der Waals surface area contributed by atoms with E-state index in [0.717, 1.165) is 0 Å². The largest absolute Gasteiger partial charge is 0.390 e. The third kappa shape index (κ3) is 3.87. The fraction of sp³-hybridized carbons (Fsp3) is 0.500. The van der Waals surface area contributed by atoms with E-state index in [0.29, 0.717) is 5.69 Å². The molecular weight excluding hydrogens is 248 g/mol. The average Bonchev–Trinajstić information content (AvgIpc) is 2.24. The molecule has 0 aliphatic rings. The van der Waals surface area contributed by atoms with E-state index in [1.54, 1.807) is 13.0 Å². The number of halogens is 4. The Morgan fingerprint density at radius 1 is 1.33 bits per heavy atom. The van der Waals surface area contributed by atoms with Crippen LogP contribution in [-0.4, -0.2) is 19.8 Å². The Hall–Kier alpha value is -1.30. The molecule has 0 aromatic heterocycles. The molecule has 0 bridgehead atoms. The van der Waals surface area contributed by atoms with Gasteiger partial charge < -0.3 is 10.6 Å². The summed E-state index contributed by atoms with van der Waals surface area (Å²) in [4.78, 5) is 1.37. The van der Waals surface area contributed by atoms with Crippen LogP contribution in [0.25, 0.3) is 0 Å². The molecule has 1 rings (SSSR count). The van der Waals surface area contributed by atoms with E-state index in [4.69, 9.17) is 5.73 Å². The van der Waals surface area contributed by atoms with Crippen molar-refractivity contribution in [1.82, 2.24) is 0 Å². The van der Waals surface area contributed by atoms with Crippen LogP contribution in [0.15, 0.2) is 18.2 Å². The molecule has 0 aliphatic heterocycles. The average molecular weight is 264 g/mol. The molecule has 1 atom stereocenters.